The lowest BCUT2D eigenvalue weighted by molar-refractivity contribution is -0.145. The van der Waals surface area contributed by atoms with E-state index in [4.69, 9.17) is 20.7 Å². The highest BCUT2D eigenvalue weighted by atomic mass is 16.4. The van der Waals surface area contributed by atoms with Crippen molar-refractivity contribution in [1.82, 2.24) is 5.32 Å². The highest BCUT2D eigenvalue weighted by Crippen LogP contribution is 1.93. The van der Waals surface area contributed by atoms with E-state index >= 15 is 0 Å². The van der Waals surface area contributed by atoms with Crippen molar-refractivity contribution in [2.24, 2.45) is 0 Å². The predicted molar refractivity (Wildman–Crippen MR) is 46.2 cm³/mol. The van der Waals surface area contributed by atoms with Crippen molar-refractivity contribution >= 4 is 17.8 Å². The molecule has 0 aliphatic carbocycles. The molecule has 7 heteroatoms. The number of hydrogen-bond acceptors (Lipinski definition) is 4. The van der Waals surface area contributed by atoms with E-state index in [0.29, 0.717) is 0 Å². The molecule has 0 unspecified atom stereocenters. The van der Waals surface area contributed by atoms with Crippen LogP contribution in [0, 0.1) is 5.41 Å². The average molecular weight is 204 g/mol. The zero-order valence-electron chi connectivity index (χ0n) is 7.36. The molecule has 80 valence electrons. The lowest BCUT2D eigenvalue weighted by Crippen LogP contribution is -2.42. The summed E-state index contributed by atoms with van der Waals surface area (Å²) in [5.74, 6) is -2.79. The van der Waals surface area contributed by atoms with Gasteiger partial charge in [-0.15, -0.1) is 0 Å². The molecule has 0 saturated heterocycles. The fraction of sp³-hybridized carbons (Fsp3) is 0.571. The van der Waals surface area contributed by atoms with Crippen LogP contribution >= 0.6 is 0 Å². The number of nitrogens with one attached hydrogen (secondary N) is 2. The van der Waals surface area contributed by atoms with Crippen LogP contribution in [0.5, 0.6) is 0 Å². The van der Waals surface area contributed by atoms with E-state index in [1.165, 1.54) is 0 Å². The second kappa shape index (κ2) is 5.92. The van der Waals surface area contributed by atoms with Crippen LogP contribution in [0.3, 0.4) is 0 Å². The van der Waals surface area contributed by atoms with Crippen LogP contribution < -0.4 is 5.32 Å². The van der Waals surface area contributed by atoms with Gasteiger partial charge in [-0.3, -0.25) is 10.2 Å². The number of carbonyl (C=O) groups is 2. The molecule has 0 aliphatic heterocycles. The van der Waals surface area contributed by atoms with Crippen molar-refractivity contribution < 1.29 is 24.9 Å². The first-order valence-corrected chi connectivity index (χ1v) is 3.86. The Hall–Kier alpha value is -1.63. The molecule has 1 atom stereocenters. The van der Waals surface area contributed by atoms with Gasteiger partial charge in [0, 0.05) is 6.42 Å². The Morgan fingerprint density at radius 3 is 2.29 bits per heavy atom. The van der Waals surface area contributed by atoms with E-state index in [2.05, 4.69) is 5.32 Å². The Morgan fingerprint density at radius 2 is 1.93 bits per heavy atom. The minimum atomic E-state index is -1.34. The zero-order valence-corrected chi connectivity index (χ0v) is 7.36. The molecule has 0 radical (unpaired) electrons. The molecular formula is C7H12N2O5. The Morgan fingerprint density at radius 1 is 1.36 bits per heavy atom. The van der Waals surface area contributed by atoms with E-state index in [9.17, 15) is 9.59 Å². The van der Waals surface area contributed by atoms with Crippen LogP contribution in [-0.4, -0.2) is 45.7 Å². The van der Waals surface area contributed by atoms with Gasteiger partial charge < -0.3 is 20.6 Å². The standard InChI is InChI=1S/C7H12N2O5/c8-5(1-2-10)9-4(7(13)14)3-6(11)12/h4,10H,1-3H2,(H2,8,9)(H,11,12)(H,13,14)/t4-/m0/s1. The van der Waals surface area contributed by atoms with E-state index in [1.54, 1.807) is 0 Å². The Kier molecular flexibility index (Phi) is 5.23. The Balaban J connectivity index is 4.16. The van der Waals surface area contributed by atoms with Crippen LogP contribution in [-0.2, 0) is 9.59 Å². The first-order chi connectivity index (χ1) is 6.47. The number of amidine groups is 1. The first kappa shape index (κ1) is 12.4. The van der Waals surface area contributed by atoms with Gasteiger partial charge in [-0.25, -0.2) is 4.79 Å². The fourth-order valence-corrected chi connectivity index (χ4v) is 0.769. The quantitative estimate of drug-likeness (QED) is 0.274. The number of hydrogen-bond donors (Lipinski definition) is 5. The second-order valence-electron chi connectivity index (χ2n) is 2.59. The number of carboxylic acid groups (broad SMARTS) is 2. The summed E-state index contributed by atoms with van der Waals surface area (Å²) in [6.45, 7) is -0.286. The van der Waals surface area contributed by atoms with Gasteiger partial charge >= 0.3 is 11.9 Å². The van der Waals surface area contributed by atoms with Gasteiger partial charge in [0.15, 0.2) is 0 Å². The molecule has 14 heavy (non-hydrogen) atoms. The third-order valence-corrected chi connectivity index (χ3v) is 1.39. The Labute approximate surface area is 79.9 Å². The number of aliphatic carboxylic acids is 2. The summed E-state index contributed by atoms with van der Waals surface area (Å²) in [7, 11) is 0. The maximum Gasteiger partial charge on any atom is 0.326 e. The zero-order chi connectivity index (χ0) is 11.1. The minimum absolute atomic E-state index is 0.0244. The van der Waals surface area contributed by atoms with Crippen LogP contribution in [0.25, 0.3) is 0 Å². The highest BCUT2D eigenvalue weighted by molar-refractivity contribution is 5.87. The molecule has 0 heterocycles. The number of rotatable bonds is 6. The SMILES string of the molecule is N=C(CCO)N[C@@H](CC(=O)O)C(=O)O. The van der Waals surface area contributed by atoms with Gasteiger partial charge in [-0.1, -0.05) is 0 Å². The monoisotopic (exact) mass is 204 g/mol. The molecule has 0 aromatic heterocycles. The fourth-order valence-electron chi connectivity index (χ4n) is 0.769. The van der Waals surface area contributed by atoms with E-state index in [-0.39, 0.29) is 18.9 Å². The number of carboxylic acids is 2. The van der Waals surface area contributed by atoms with Gasteiger partial charge in [0.1, 0.15) is 6.04 Å². The van der Waals surface area contributed by atoms with Crippen molar-refractivity contribution in [1.29, 1.82) is 5.41 Å². The van der Waals surface area contributed by atoms with Crippen molar-refractivity contribution in [2.45, 2.75) is 18.9 Å². The molecule has 7 nitrogen and oxygen atoms in total. The summed E-state index contributed by atoms with van der Waals surface area (Å²) in [5.41, 5.74) is 0. The van der Waals surface area contributed by atoms with Crippen LogP contribution in [0.2, 0.25) is 0 Å². The smallest absolute Gasteiger partial charge is 0.326 e. The maximum atomic E-state index is 10.5. The molecule has 0 fully saturated rings. The largest absolute Gasteiger partial charge is 0.481 e. The predicted octanol–water partition coefficient (Wildman–Crippen LogP) is -1.14. The van der Waals surface area contributed by atoms with Gasteiger partial charge in [0.05, 0.1) is 18.9 Å². The average Bonchev–Trinajstić information content (AvgIpc) is 2.02. The van der Waals surface area contributed by atoms with E-state index in [1.807, 2.05) is 0 Å². The van der Waals surface area contributed by atoms with Gasteiger partial charge in [-0.05, 0) is 0 Å². The van der Waals surface area contributed by atoms with E-state index in [0.717, 1.165) is 0 Å². The summed E-state index contributed by atoms with van der Waals surface area (Å²) in [6.07, 6.45) is -0.632. The molecule has 0 rings (SSSR count). The first-order valence-electron chi connectivity index (χ1n) is 3.86. The lowest BCUT2D eigenvalue weighted by atomic mass is 10.2. The van der Waals surface area contributed by atoms with Crippen molar-refractivity contribution in [3.05, 3.63) is 0 Å². The molecule has 0 aromatic carbocycles. The molecule has 0 aromatic rings. The van der Waals surface area contributed by atoms with Gasteiger partial charge in [0.2, 0.25) is 0 Å². The molecule has 0 amide bonds. The van der Waals surface area contributed by atoms with Crippen molar-refractivity contribution in [3.63, 3.8) is 0 Å². The summed E-state index contributed by atoms with van der Waals surface area (Å²) < 4.78 is 0. The molecule has 0 aliphatic rings. The summed E-state index contributed by atoms with van der Waals surface area (Å²) in [4.78, 5) is 20.7. The molecule has 0 bridgehead atoms. The molecule has 5 N–H and O–H groups in total. The maximum absolute atomic E-state index is 10.5. The minimum Gasteiger partial charge on any atom is -0.481 e. The van der Waals surface area contributed by atoms with Crippen molar-refractivity contribution in [2.75, 3.05) is 6.61 Å². The van der Waals surface area contributed by atoms with Crippen LogP contribution in [0.15, 0.2) is 0 Å². The summed E-state index contributed by atoms with van der Waals surface area (Å²) >= 11 is 0. The summed E-state index contributed by atoms with van der Waals surface area (Å²) in [6, 6.07) is -1.33. The number of aliphatic hydroxyl groups excluding tert-OH is 1. The van der Waals surface area contributed by atoms with E-state index < -0.39 is 24.4 Å². The molecule has 0 spiro atoms. The normalized spacial score (nSPS) is 11.8. The van der Waals surface area contributed by atoms with Gasteiger partial charge in [0.25, 0.3) is 0 Å². The number of aliphatic hydroxyl groups is 1. The van der Waals surface area contributed by atoms with Crippen LogP contribution in [0.4, 0.5) is 0 Å². The summed E-state index contributed by atoms with van der Waals surface area (Å²) in [5, 5.41) is 34.7. The van der Waals surface area contributed by atoms with Crippen molar-refractivity contribution in [3.8, 4) is 0 Å². The second-order valence-corrected chi connectivity index (χ2v) is 2.59. The molecule has 0 saturated carbocycles. The third-order valence-electron chi connectivity index (χ3n) is 1.39. The topological polar surface area (TPSA) is 131 Å². The third kappa shape index (κ3) is 5.09. The highest BCUT2D eigenvalue weighted by Gasteiger charge is 2.21. The van der Waals surface area contributed by atoms with Gasteiger partial charge in [-0.2, -0.15) is 0 Å². The molecular weight excluding hydrogens is 192 g/mol. The Bertz CT molecular complexity index is 240. The lowest BCUT2D eigenvalue weighted by Gasteiger charge is -2.13. The van der Waals surface area contributed by atoms with Crippen LogP contribution in [0.1, 0.15) is 12.8 Å².